The Morgan fingerprint density at radius 2 is 1.77 bits per heavy atom. The Morgan fingerprint density at radius 1 is 1.09 bits per heavy atom. The van der Waals surface area contributed by atoms with Crippen LogP contribution < -0.4 is 10.5 Å². The molecule has 0 aliphatic heterocycles. The fourth-order valence-electron chi connectivity index (χ4n) is 2.28. The van der Waals surface area contributed by atoms with Crippen molar-refractivity contribution < 1.29 is 9.13 Å². The van der Waals surface area contributed by atoms with Crippen LogP contribution >= 0.6 is 0 Å². The molecule has 0 aliphatic rings. The highest BCUT2D eigenvalue weighted by molar-refractivity contribution is 5.63. The highest BCUT2D eigenvalue weighted by Crippen LogP contribution is 2.26. The van der Waals surface area contributed by atoms with Crippen LogP contribution in [0.1, 0.15) is 5.69 Å². The van der Waals surface area contributed by atoms with E-state index in [9.17, 15) is 4.39 Å². The van der Waals surface area contributed by atoms with Gasteiger partial charge in [0.2, 0.25) is 0 Å². The molecular formula is C17H16FN3O. The first kappa shape index (κ1) is 14.3. The van der Waals surface area contributed by atoms with Gasteiger partial charge >= 0.3 is 0 Å². The number of hydrogen-bond acceptors (Lipinski definition) is 3. The summed E-state index contributed by atoms with van der Waals surface area (Å²) < 4.78 is 20.1. The van der Waals surface area contributed by atoms with E-state index in [1.165, 1.54) is 12.1 Å². The molecule has 0 aliphatic carbocycles. The standard InChI is InChI=1S/C17H16FN3O/c1-22-16-8-2-12(3-9-16)17-10-14(11-19)20-21(17)15-6-4-13(18)5-7-15/h2-10H,11,19H2,1H3. The SMILES string of the molecule is COc1ccc(-c2cc(CN)nn2-c2ccc(F)cc2)cc1. The second kappa shape index (κ2) is 5.99. The minimum absolute atomic E-state index is 0.277. The summed E-state index contributed by atoms with van der Waals surface area (Å²) in [6, 6.07) is 15.8. The predicted molar refractivity (Wildman–Crippen MR) is 83.4 cm³/mol. The lowest BCUT2D eigenvalue weighted by Gasteiger charge is -2.08. The molecule has 3 aromatic rings. The van der Waals surface area contributed by atoms with Gasteiger partial charge in [-0.05, 0) is 54.6 Å². The van der Waals surface area contributed by atoms with E-state index in [1.54, 1.807) is 23.9 Å². The molecular weight excluding hydrogens is 281 g/mol. The predicted octanol–water partition coefficient (Wildman–Crippen LogP) is 3.15. The van der Waals surface area contributed by atoms with Crippen molar-refractivity contribution in [1.29, 1.82) is 0 Å². The minimum Gasteiger partial charge on any atom is -0.497 e. The van der Waals surface area contributed by atoms with Crippen molar-refractivity contribution in [3.05, 3.63) is 66.1 Å². The van der Waals surface area contributed by atoms with E-state index in [0.29, 0.717) is 6.54 Å². The third-order valence-corrected chi connectivity index (χ3v) is 3.43. The van der Waals surface area contributed by atoms with E-state index >= 15 is 0 Å². The van der Waals surface area contributed by atoms with E-state index < -0.39 is 0 Å². The van der Waals surface area contributed by atoms with E-state index in [4.69, 9.17) is 10.5 Å². The van der Waals surface area contributed by atoms with Crippen LogP contribution in [0, 0.1) is 5.82 Å². The number of nitrogens with two attached hydrogens (primary N) is 1. The maximum absolute atomic E-state index is 13.1. The fraction of sp³-hybridized carbons (Fsp3) is 0.118. The lowest BCUT2D eigenvalue weighted by molar-refractivity contribution is 0.415. The summed E-state index contributed by atoms with van der Waals surface area (Å²) in [5.74, 6) is 0.511. The van der Waals surface area contributed by atoms with E-state index in [2.05, 4.69) is 5.10 Å². The zero-order valence-electron chi connectivity index (χ0n) is 12.2. The molecule has 2 N–H and O–H groups in total. The quantitative estimate of drug-likeness (QED) is 0.805. The Bertz CT molecular complexity index is 764. The van der Waals surface area contributed by atoms with Crippen molar-refractivity contribution in [2.45, 2.75) is 6.54 Å². The molecule has 0 saturated carbocycles. The first-order chi connectivity index (χ1) is 10.7. The van der Waals surface area contributed by atoms with Crippen LogP contribution in [0.4, 0.5) is 4.39 Å². The smallest absolute Gasteiger partial charge is 0.123 e. The number of hydrogen-bond donors (Lipinski definition) is 1. The number of halogens is 1. The first-order valence-corrected chi connectivity index (χ1v) is 6.90. The summed E-state index contributed by atoms with van der Waals surface area (Å²) in [4.78, 5) is 0. The third kappa shape index (κ3) is 2.71. The molecule has 0 spiro atoms. The average Bonchev–Trinajstić information content (AvgIpc) is 3.00. The lowest BCUT2D eigenvalue weighted by Crippen LogP contribution is -2.02. The van der Waals surface area contributed by atoms with Gasteiger partial charge in [0, 0.05) is 12.1 Å². The molecule has 0 amide bonds. The van der Waals surface area contributed by atoms with Gasteiger partial charge in [0.1, 0.15) is 11.6 Å². The van der Waals surface area contributed by atoms with Crippen LogP contribution in [0.2, 0.25) is 0 Å². The van der Waals surface area contributed by atoms with Gasteiger partial charge in [-0.25, -0.2) is 9.07 Å². The van der Waals surface area contributed by atoms with Gasteiger partial charge in [0.15, 0.2) is 0 Å². The summed E-state index contributed by atoms with van der Waals surface area (Å²) in [7, 11) is 1.63. The summed E-state index contributed by atoms with van der Waals surface area (Å²) in [5, 5.41) is 4.49. The van der Waals surface area contributed by atoms with Crippen molar-refractivity contribution in [2.24, 2.45) is 5.73 Å². The summed E-state index contributed by atoms with van der Waals surface area (Å²) in [6.07, 6.45) is 0. The minimum atomic E-state index is -0.277. The van der Waals surface area contributed by atoms with E-state index in [0.717, 1.165) is 28.4 Å². The molecule has 0 radical (unpaired) electrons. The number of methoxy groups -OCH3 is 1. The number of benzene rings is 2. The van der Waals surface area contributed by atoms with Gasteiger partial charge in [-0.1, -0.05) is 0 Å². The van der Waals surface area contributed by atoms with Crippen LogP contribution in [-0.4, -0.2) is 16.9 Å². The third-order valence-electron chi connectivity index (χ3n) is 3.43. The molecule has 1 aromatic heterocycles. The average molecular weight is 297 g/mol. The Labute approximate surface area is 128 Å². The van der Waals surface area contributed by atoms with Crippen molar-refractivity contribution >= 4 is 0 Å². The van der Waals surface area contributed by atoms with Gasteiger partial charge in [0.25, 0.3) is 0 Å². The van der Waals surface area contributed by atoms with Gasteiger partial charge in [-0.3, -0.25) is 0 Å². The summed E-state index contributed by atoms with van der Waals surface area (Å²) in [5.41, 5.74) is 9.14. The number of ether oxygens (including phenoxy) is 1. The Kier molecular flexibility index (Phi) is 3.89. The second-order valence-corrected chi connectivity index (χ2v) is 4.84. The molecule has 0 bridgehead atoms. The zero-order valence-corrected chi connectivity index (χ0v) is 12.2. The molecule has 1 heterocycles. The molecule has 2 aromatic carbocycles. The van der Waals surface area contributed by atoms with E-state index in [-0.39, 0.29) is 5.82 Å². The summed E-state index contributed by atoms with van der Waals surface area (Å²) >= 11 is 0. The van der Waals surface area contributed by atoms with Crippen LogP contribution in [0.3, 0.4) is 0 Å². The number of nitrogens with zero attached hydrogens (tertiary/aromatic N) is 2. The highest BCUT2D eigenvalue weighted by Gasteiger charge is 2.11. The number of rotatable bonds is 4. The Hall–Kier alpha value is -2.66. The van der Waals surface area contributed by atoms with Gasteiger partial charge in [-0.15, -0.1) is 0 Å². The topological polar surface area (TPSA) is 53.1 Å². The molecule has 4 nitrogen and oxygen atoms in total. The molecule has 5 heteroatoms. The largest absolute Gasteiger partial charge is 0.497 e. The molecule has 3 rings (SSSR count). The van der Waals surface area contributed by atoms with Crippen LogP contribution in [0.15, 0.2) is 54.6 Å². The Morgan fingerprint density at radius 3 is 2.36 bits per heavy atom. The van der Waals surface area contributed by atoms with Crippen LogP contribution in [0.5, 0.6) is 5.75 Å². The van der Waals surface area contributed by atoms with Crippen molar-refractivity contribution in [2.75, 3.05) is 7.11 Å². The Balaban J connectivity index is 2.09. The van der Waals surface area contributed by atoms with Crippen molar-refractivity contribution in [1.82, 2.24) is 9.78 Å². The highest BCUT2D eigenvalue weighted by atomic mass is 19.1. The van der Waals surface area contributed by atoms with E-state index in [1.807, 2.05) is 30.3 Å². The molecule has 0 atom stereocenters. The molecule has 0 unspecified atom stereocenters. The van der Waals surface area contributed by atoms with Crippen molar-refractivity contribution in [3.63, 3.8) is 0 Å². The zero-order chi connectivity index (χ0) is 15.5. The maximum Gasteiger partial charge on any atom is 0.123 e. The maximum atomic E-state index is 13.1. The fourth-order valence-corrected chi connectivity index (χ4v) is 2.28. The van der Waals surface area contributed by atoms with Gasteiger partial charge < -0.3 is 10.5 Å². The molecule has 0 fully saturated rings. The lowest BCUT2D eigenvalue weighted by atomic mass is 10.1. The van der Waals surface area contributed by atoms with Gasteiger partial charge in [0.05, 0.1) is 24.2 Å². The number of aromatic nitrogens is 2. The molecule has 0 saturated heterocycles. The molecule has 112 valence electrons. The summed E-state index contributed by atoms with van der Waals surface area (Å²) in [6.45, 7) is 0.345. The first-order valence-electron chi connectivity index (χ1n) is 6.90. The molecule has 22 heavy (non-hydrogen) atoms. The second-order valence-electron chi connectivity index (χ2n) is 4.84. The van der Waals surface area contributed by atoms with Crippen molar-refractivity contribution in [3.8, 4) is 22.7 Å². The van der Waals surface area contributed by atoms with Crippen LogP contribution in [-0.2, 0) is 6.54 Å². The monoisotopic (exact) mass is 297 g/mol. The van der Waals surface area contributed by atoms with Gasteiger partial charge in [-0.2, -0.15) is 5.10 Å². The normalized spacial score (nSPS) is 10.7. The van der Waals surface area contributed by atoms with Crippen LogP contribution in [0.25, 0.3) is 16.9 Å².